The molecule has 3 N–H and O–H groups in total. The van der Waals surface area contributed by atoms with Crippen LogP contribution >= 0.6 is 0 Å². The molecule has 1 saturated carbocycles. The molecule has 19 heavy (non-hydrogen) atoms. The molecule has 3 amide bonds. The molecule has 5 heteroatoms. The number of urea groups is 1. The van der Waals surface area contributed by atoms with Gasteiger partial charge in [0.05, 0.1) is 6.04 Å². The Morgan fingerprint density at radius 2 is 1.89 bits per heavy atom. The Bertz CT molecular complexity index is 325. The van der Waals surface area contributed by atoms with Crippen LogP contribution in [0.1, 0.15) is 51.9 Å². The third-order valence-corrected chi connectivity index (χ3v) is 4.22. The van der Waals surface area contributed by atoms with Crippen LogP contribution in [0.15, 0.2) is 0 Å². The predicted octanol–water partition coefficient (Wildman–Crippen LogP) is 0.603. The van der Waals surface area contributed by atoms with E-state index in [2.05, 4.69) is 10.6 Å². The maximum Gasteiger partial charge on any atom is 0.324 e. The Labute approximate surface area is 115 Å². The van der Waals surface area contributed by atoms with Crippen LogP contribution in [0.4, 0.5) is 4.79 Å². The number of hydrogen-bond acceptors (Lipinski definition) is 2. The van der Waals surface area contributed by atoms with Crippen molar-refractivity contribution in [3.05, 3.63) is 0 Å². The second-order valence-electron chi connectivity index (χ2n) is 5.81. The van der Waals surface area contributed by atoms with Crippen LogP contribution in [0.25, 0.3) is 0 Å². The molecule has 5 nitrogen and oxygen atoms in total. The van der Waals surface area contributed by atoms with Crippen molar-refractivity contribution in [1.82, 2.24) is 10.2 Å². The van der Waals surface area contributed by atoms with Crippen molar-refractivity contribution in [2.45, 2.75) is 64.0 Å². The second kappa shape index (κ2) is 6.89. The Balaban J connectivity index is 1.83. The molecule has 0 aromatic heterocycles. The van der Waals surface area contributed by atoms with Crippen LogP contribution in [0, 0.1) is 0 Å². The molecule has 0 radical (unpaired) electrons. The van der Waals surface area contributed by atoms with Gasteiger partial charge in [0.15, 0.2) is 6.04 Å². The fraction of sp³-hybridized carbons (Fsp3) is 0.857. The van der Waals surface area contributed by atoms with Gasteiger partial charge in [-0.05, 0) is 32.6 Å². The van der Waals surface area contributed by atoms with Crippen molar-refractivity contribution in [2.75, 3.05) is 13.1 Å². The second-order valence-corrected chi connectivity index (χ2v) is 5.81. The number of nitrogens with zero attached hydrogens (tertiary/aromatic N) is 1. The minimum Gasteiger partial charge on any atom is -0.336 e. The van der Waals surface area contributed by atoms with E-state index in [1.165, 1.54) is 49.8 Å². The summed E-state index contributed by atoms with van der Waals surface area (Å²) in [6.07, 6.45) is 8.93. The van der Waals surface area contributed by atoms with Crippen LogP contribution in [0.5, 0.6) is 0 Å². The highest BCUT2D eigenvalue weighted by molar-refractivity contribution is 5.97. The molecule has 1 saturated heterocycles. The summed E-state index contributed by atoms with van der Waals surface area (Å²) in [6, 6.07) is 0.168. The van der Waals surface area contributed by atoms with Crippen LogP contribution in [0.3, 0.4) is 0 Å². The molecule has 2 aliphatic rings. The number of hydrogen-bond donors (Lipinski definition) is 2. The van der Waals surface area contributed by atoms with Crippen LogP contribution in [-0.2, 0) is 4.79 Å². The first kappa shape index (κ1) is 14.3. The maximum atomic E-state index is 12.2. The van der Waals surface area contributed by atoms with Gasteiger partial charge in [-0.3, -0.25) is 9.69 Å². The summed E-state index contributed by atoms with van der Waals surface area (Å²) in [5.74, 6) is -0.0444. The number of nitrogens with two attached hydrogens (primary N) is 1. The van der Waals surface area contributed by atoms with E-state index < -0.39 is 0 Å². The largest absolute Gasteiger partial charge is 0.336 e. The van der Waals surface area contributed by atoms with E-state index in [1.54, 1.807) is 0 Å². The standard InChI is InChI=1S/C14H25N3O2/c1-11(13(18)17-10-9-15-14(17)19)16-12-7-5-3-2-4-6-8-12/h11-12,16H,2-10H2,1H3,(H,15,19)/p+1/t11-/m1/s1. The van der Waals surface area contributed by atoms with Gasteiger partial charge in [0.1, 0.15) is 0 Å². The highest BCUT2D eigenvalue weighted by atomic mass is 16.2. The molecule has 0 aromatic rings. The number of carbonyl (C=O) groups excluding carboxylic acids is 2. The first-order valence-corrected chi connectivity index (χ1v) is 7.62. The lowest BCUT2D eigenvalue weighted by atomic mass is 9.96. The number of nitrogens with one attached hydrogen (secondary N) is 1. The topological polar surface area (TPSA) is 66.0 Å². The summed E-state index contributed by atoms with van der Waals surface area (Å²) in [7, 11) is 0. The molecule has 108 valence electrons. The minimum atomic E-state index is -0.233. The summed E-state index contributed by atoms with van der Waals surface area (Å²) >= 11 is 0. The smallest absolute Gasteiger partial charge is 0.324 e. The Morgan fingerprint density at radius 1 is 1.26 bits per heavy atom. The number of carbonyl (C=O) groups is 2. The van der Waals surface area contributed by atoms with Crippen molar-refractivity contribution in [3.63, 3.8) is 0 Å². The number of rotatable bonds is 3. The van der Waals surface area contributed by atoms with Gasteiger partial charge in [-0.15, -0.1) is 0 Å². The summed E-state index contributed by atoms with van der Waals surface area (Å²) in [4.78, 5) is 25.1. The summed E-state index contributed by atoms with van der Waals surface area (Å²) in [5.41, 5.74) is 0. The van der Waals surface area contributed by atoms with Gasteiger partial charge in [0.25, 0.3) is 5.91 Å². The SMILES string of the molecule is C[C@@H]([NH2+]C1CCCCCCC1)C(=O)N1CCNC1=O. The fourth-order valence-corrected chi connectivity index (χ4v) is 3.10. The molecule has 1 aliphatic carbocycles. The van der Waals surface area contributed by atoms with E-state index in [-0.39, 0.29) is 18.0 Å². The normalized spacial score (nSPS) is 23.6. The van der Waals surface area contributed by atoms with Gasteiger partial charge >= 0.3 is 6.03 Å². The predicted molar refractivity (Wildman–Crippen MR) is 72.6 cm³/mol. The van der Waals surface area contributed by atoms with E-state index >= 15 is 0 Å². The van der Waals surface area contributed by atoms with Crippen molar-refractivity contribution in [1.29, 1.82) is 0 Å². The molecular weight excluding hydrogens is 242 g/mol. The van der Waals surface area contributed by atoms with E-state index in [1.807, 2.05) is 6.92 Å². The van der Waals surface area contributed by atoms with Crippen LogP contribution in [-0.4, -0.2) is 42.0 Å². The molecule has 1 atom stereocenters. The molecule has 0 spiro atoms. The maximum absolute atomic E-state index is 12.2. The van der Waals surface area contributed by atoms with E-state index in [9.17, 15) is 9.59 Å². The molecule has 1 heterocycles. The number of amides is 3. The van der Waals surface area contributed by atoms with Gasteiger partial charge in [-0.2, -0.15) is 0 Å². The van der Waals surface area contributed by atoms with Crippen molar-refractivity contribution in [3.8, 4) is 0 Å². The highest BCUT2D eigenvalue weighted by Crippen LogP contribution is 2.15. The number of imide groups is 1. The molecule has 0 aromatic carbocycles. The Hall–Kier alpha value is -1.10. The minimum absolute atomic E-state index is 0.0444. The zero-order chi connectivity index (χ0) is 13.7. The lowest BCUT2D eigenvalue weighted by molar-refractivity contribution is -0.708. The van der Waals surface area contributed by atoms with Crippen molar-refractivity contribution < 1.29 is 14.9 Å². The summed E-state index contributed by atoms with van der Waals surface area (Å²) < 4.78 is 0. The number of quaternary nitrogens is 1. The molecule has 2 fully saturated rings. The Morgan fingerprint density at radius 3 is 2.47 bits per heavy atom. The average molecular weight is 268 g/mol. The highest BCUT2D eigenvalue weighted by Gasteiger charge is 2.32. The van der Waals surface area contributed by atoms with E-state index in [0.29, 0.717) is 19.1 Å². The van der Waals surface area contributed by atoms with Crippen molar-refractivity contribution >= 4 is 11.9 Å². The quantitative estimate of drug-likeness (QED) is 0.787. The average Bonchev–Trinajstić information content (AvgIpc) is 2.77. The summed E-state index contributed by atoms with van der Waals surface area (Å²) in [5, 5.41) is 4.86. The zero-order valence-corrected chi connectivity index (χ0v) is 11.9. The summed E-state index contributed by atoms with van der Waals surface area (Å²) in [6.45, 7) is 3.02. The fourth-order valence-electron chi connectivity index (χ4n) is 3.10. The Kier molecular flexibility index (Phi) is 5.19. The third kappa shape index (κ3) is 3.93. The molecular formula is C14H26N3O2+. The van der Waals surface area contributed by atoms with Gasteiger partial charge < -0.3 is 10.6 Å². The molecule has 0 unspecified atom stereocenters. The van der Waals surface area contributed by atoms with Gasteiger partial charge in [-0.1, -0.05) is 19.3 Å². The van der Waals surface area contributed by atoms with E-state index in [4.69, 9.17) is 0 Å². The molecule has 2 rings (SSSR count). The van der Waals surface area contributed by atoms with Gasteiger partial charge in [0.2, 0.25) is 0 Å². The lowest BCUT2D eigenvalue weighted by Gasteiger charge is -2.23. The first-order chi connectivity index (χ1) is 9.18. The van der Waals surface area contributed by atoms with E-state index in [0.717, 1.165) is 0 Å². The molecule has 0 bridgehead atoms. The monoisotopic (exact) mass is 268 g/mol. The van der Waals surface area contributed by atoms with Crippen LogP contribution in [0.2, 0.25) is 0 Å². The lowest BCUT2D eigenvalue weighted by Crippen LogP contribution is -2.96. The molecule has 1 aliphatic heterocycles. The van der Waals surface area contributed by atoms with Crippen molar-refractivity contribution in [2.24, 2.45) is 0 Å². The van der Waals surface area contributed by atoms with Crippen LogP contribution < -0.4 is 10.6 Å². The van der Waals surface area contributed by atoms with Gasteiger partial charge in [-0.25, -0.2) is 4.79 Å². The van der Waals surface area contributed by atoms with Gasteiger partial charge in [0, 0.05) is 13.1 Å². The first-order valence-electron chi connectivity index (χ1n) is 7.62. The zero-order valence-electron chi connectivity index (χ0n) is 11.9. The third-order valence-electron chi connectivity index (χ3n) is 4.22.